The number of hydrogen-bond donors (Lipinski definition) is 10. The van der Waals surface area contributed by atoms with Gasteiger partial charge < -0.3 is 0 Å². The third-order valence-electron chi connectivity index (χ3n) is 0. The van der Waals surface area contributed by atoms with Crippen molar-refractivity contribution < 1.29 is 79.6 Å². The molecule has 35 heteroatoms. The molecule has 0 aromatic heterocycles. The second-order valence-corrected chi connectivity index (χ2v) is 3.16. The maximum atomic E-state index is 8.57. The molecule has 0 aromatic rings. The Labute approximate surface area is 373 Å². The van der Waals surface area contributed by atoms with Crippen LogP contribution >= 0.6 is 0 Å². The summed E-state index contributed by atoms with van der Waals surface area (Å²) in [6, 6.07) is 0. The van der Waals surface area contributed by atoms with Crippen molar-refractivity contribution in [1.29, 1.82) is 0 Å². The SMILES string of the molecule is [NaH].[NaH].[NaH].[NaH].[NaH].[O]=[Al][OH].[O]=[Al][OH].[O]=[Al][OH].[O]=[Al][OH].[O]=[Al][OH].[O]=[Al][OH].[O]=[Al][OH].[O]=[Al][OH].[O]=[Al][OH].[O]=[Al][OH]. The predicted molar refractivity (Wildman–Crippen MR) is 122 cm³/mol. The van der Waals surface area contributed by atoms with E-state index in [0.717, 1.165) is 0 Å². The van der Waals surface area contributed by atoms with E-state index in [4.69, 9.17) is 79.6 Å². The Morgan fingerprint density at radius 2 is 0.200 bits per heavy atom. The van der Waals surface area contributed by atoms with Crippen molar-refractivity contribution in [2.24, 2.45) is 0 Å². The summed E-state index contributed by atoms with van der Waals surface area (Å²) in [4.78, 5) is 0. The van der Waals surface area contributed by atoms with Gasteiger partial charge in [-0.15, -0.1) is 0 Å². The molecule has 170 valence electrons. The molecule has 0 unspecified atom stereocenters. The normalized spacial score (nSPS) is 2.29. The molecule has 0 aliphatic heterocycles. The topological polar surface area (TPSA) is 373 Å². The van der Waals surface area contributed by atoms with Gasteiger partial charge in [0.05, 0.1) is 0 Å². The first-order valence-corrected chi connectivity index (χ1v) is 14.8. The summed E-state index contributed by atoms with van der Waals surface area (Å²) in [7, 11) is 0. The Balaban J connectivity index is -0.00000000962. The Morgan fingerprint density at radius 1 is 0.200 bits per heavy atom. The second kappa shape index (κ2) is 234. The maximum absolute atomic E-state index is 8.57. The summed E-state index contributed by atoms with van der Waals surface area (Å²) in [5.74, 6) is 0. The van der Waals surface area contributed by atoms with Gasteiger partial charge in [0.15, 0.2) is 0 Å². The zero-order valence-electron chi connectivity index (χ0n) is 14.3. The van der Waals surface area contributed by atoms with Gasteiger partial charge in [0.25, 0.3) is 0 Å². The molecule has 10 N–H and O–H groups in total. The van der Waals surface area contributed by atoms with Gasteiger partial charge in [-0.2, -0.15) is 0 Å². The molecule has 0 aliphatic rings. The molecule has 0 amide bonds. The summed E-state index contributed by atoms with van der Waals surface area (Å²) in [6.45, 7) is 0. The van der Waals surface area contributed by atoms with E-state index in [0.29, 0.717) is 0 Å². The minimum atomic E-state index is -1.50. The Hall–Kier alpha value is 6.32. The van der Waals surface area contributed by atoms with Crippen LogP contribution in [0.1, 0.15) is 0 Å². The first kappa shape index (κ1) is 97.0. The predicted octanol–water partition coefficient (Wildman–Crippen LogP) is -13.8. The van der Waals surface area contributed by atoms with E-state index in [-0.39, 0.29) is 148 Å². The molecule has 0 aromatic carbocycles. The van der Waals surface area contributed by atoms with E-state index >= 15 is 0 Å². The summed E-state index contributed by atoms with van der Waals surface area (Å²) >= 11 is -15.0. The molecule has 35 heavy (non-hydrogen) atoms. The second-order valence-electron chi connectivity index (χ2n) is 1.05. The van der Waals surface area contributed by atoms with E-state index in [2.05, 4.69) is 0 Å². The van der Waals surface area contributed by atoms with E-state index < -0.39 is 155 Å². The molecule has 0 heterocycles. The molecule has 0 bridgehead atoms. The summed E-state index contributed by atoms with van der Waals surface area (Å²) in [5.41, 5.74) is 0. The van der Waals surface area contributed by atoms with Crippen molar-refractivity contribution in [3.63, 3.8) is 0 Å². The van der Waals surface area contributed by atoms with Gasteiger partial charge in [-0.1, -0.05) is 0 Å². The first-order valence-electron chi connectivity index (χ1n) is 4.94. The summed E-state index contributed by atoms with van der Waals surface area (Å²) in [5, 5.41) is 0. The zero-order chi connectivity index (χ0) is 27.1. The van der Waals surface area contributed by atoms with Crippen LogP contribution in [0.4, 0.5) is 0 Å². The van der Waals surface area contributed by atoms with Gasteiger partial charge in [0, 0.05) is 0 Å². The van der Waals surface area contributed by atoms with E-state index in [1.165, 1.54) is 0 Å². The van der Waals surface area contributed by atoms with Crippen molar-refractivity contribution >= 4 is 303 Å². The van der Waals surface area contributed by atoms with Crippen LogP contribution in [0.5, 0.6) is 0 Å². The monoisotopic (exact) mass is 720 g/mol. The Kier molecular flexibility index (Phi) is 648. The van der Waals surface area contributed by atoms with E-state index in [9.17, 15) is 0 Å². The molecule has 20 nitrogen and oxygen atoms in total. The van der Waals surface area contributed by atoms with Gasteiger partial charge in [0.2, 0.25) is 0 Å². The van der Waals surface area contributed by atoms with Crippen LogP contribution in [0.25, 0.3) is 0 Å². The van der Waals surface area contributed by atoms with Crippen molar-refractivity contribution in [3.05, 3.63) is 0 Å². The van der Waals surface area contributed by atoms with Crippen LogP contribution in [0.15, 0.2) is 0 Å². The summed E-state index contributed by atoms with van der Waals surface area (Å²) < 4.78 is 157. The fourth-order valence-corrected chi connectivity index (χ4v) is 0. The fraction of sp³-hybridized carbons (Fsp3) is 0. The standard InChI is InChI=1S/10Al.5Na.10H2O.10O.5H/h;;;;;;;;;;;;;;;10*1H2;;;;;;;;;;;;;;;/q10*+1;;;;;;;;;;;;;;;;;;;;;;;;;;;;;;/p-10. The zero-order valence-corrected chi connectivity index (χ0v) is 25.9. The van der Waals surface area contributed by atoms with Gasteiger partial charge in [-0.25, -0.2) is 0 Å². The third-order valence-corrected chi connectivity index (χ3v) is 0. The van der Waals surface area contributed by atoms with Crippen LogP contribution in [0, 0.1) is 0 Å². The van der Waals surface area contributed by atoms with Gasteiger partial charge >= 0.3 is 382 Å². The average Bonchev–Trinajstić information content (AvgIpc) is 2.61. The van der Waals surface area contributed by atoms with Crippen molar-refractivity contribution in [1.82, 2.24) is 0 Å². The Bertz CT molecular complexity index is 223. The van der Waals surface area contributed by atoms with E-state index in [1.54, 1.807) is 0 Å². The molecule has 0 atom stereocenters. The minimum absolute atomic E-state index is 0. The quantitative estimate of drug-likeness (QED) is 0.104. The van der Waals surface area contributed by atoms with Gasteiger partial charge in [-0.05, 0) is 0 Å². The molecular weight excluding hydrogens is 705 g/mol. The van der Waals surface area contributed by atoms with Crippen molar-refractivity contribution in [2.45, 2.75) is 0 Å². The number of hydrogen-bond acceptors (Lipinski definition) is 10. The molecule has 0 saturated carbocycles. The van der Waals surface area contributed by atoms with Gasteiger partial charge in [0.1, 0.15) is 0 Å². The van der Waals surface area contributed by atoms with Crippen LogP contribution in [0.2, 0.25) is 0 Å². The molecule has 0 saturated heterocycles. The van der Waals surface area contributed by atoms with Crippen molar-refractivity contribution in [3.8, 4) is 0 Å². The molecule has 0 spiro atoms. The fourth-order valence-electron chi connectivity index (χ4n) is 0. The van der Waals surface area contributed by atoms with Crippen molar-refractivity contribution in [2.75, 3.05) is 0 Å². The number of rotatable bonds is 0. The van der Waals surface area contributed by atoms with Crippen LogP contribution in [-0.4, -0.2) is 344 Å². The van der Waals surface area contributed by atoms with Gasteiger partial charge in [-0.3, -0.25) is 0 Å². The molecule has 0 fully saturated rings. The first-order chi connectivity index (χ1) is 14.1. The molecule has 0 rings (SSSR count). The molecule has 0 aliphatic carbocycles. The van der Waals surface area contributed by atoms with Crippen LogP contribution < -0.4 is 0 Å². The average molecular weight is 720 g/mol. The van der Waals surface area contributed by atoms with Crippen LogP contribution in [-0.2, 0) is 38.0 Å². The summed E-state index contributed by atoms with van der Waals surface area (Å²) in [6.07, 6.45) is 0. The third kappa shape index (κ3) is 1480. The molecular formula is H15Al10Na5O20. The van der Waals surface area contributed by atoms with E-state index in [1.807, 2.05) is 0 Å². The Morgan fingerprint density at radius 3 is 0.200 bits per heavy atom. The molecule has 0 radical (unpaired) electrons. The van der Waals surface area contributed by atoms with Crippen LogP contribution in [0.3, 0.4) is 0 Å².